The van der Waals surface area contributed by atoms with Crippen molar-refractivity contribution in [2.75, 3.05) is 6.61 Å². The van der Waals surface area contributed by atoms with Gasteiger partial charge in [0.2, 0.25) is 0 Å². The smallest absolute Gasteiger partial charge is 0.379 e. The molecule has 0 aliphatic heterocycles. The van der Waals surface area contributed by atoms with Crippen molar-refractivity contribution in [1.82, 2.24) is 4.98 Å². The van der Waals surface area contributed by atoms with Crippen LogP contribution < -0.4 is 0 Å². The number of carbonyl (C=O) groups is 2. The van der Waals surface area contributed by atoms with Crippen LogP contribution in [0.5, 0.6) is 0 Å². The lowest BCUT2D eigenvalue weighted by Gasteiger charge is -2.17. The van der Waals surface area contributed by atoms with E-state index >= 15 is 0 Å². The van der Waals surface area contributed by atoms with E-state index in [1.54, 1.807) is 25.3 Å². The first-order valence-electron chi connectivity index (χ1n) is 5.73. The van der Waals surface area contributed by atoms with Crippen LogP contribution in [0.2, 0.25) is 0 Å². The monoisotopic (exact) mass is 247 g/mol. The van der Waals surface area contributed by atoms with Gasteiger partial charge >= 0.3 is 5.97 Å². The van der Waals surface area contributed by atoms with Crippen molar-refractivity contribution in [3.05, 3.63) is 35.2 Å². The summed E-state index contributed by atoms with van der Waals surface area (Å²) in [5.41, 5.74) is 1.35. The van der Waals surface area contributed by atoms with Crippen LogP contribution in [-0.4, -0.2) is 28.4 Å². The minimum Gasteiger partial charge on any atom is -0.507 e. The molecule has 5 nitrogen and oxygen atoms in total. The van der Waals surface area contributed by atoms with Gasteiger partial charge in [0.1, 0.15) is 5.76 Å². The molecule has 1 aromatic heterocycles. The molecule has 1 N–H and O–H groups in total. The highest BCUT2D eigenvalue weighted by Crippen LogP contribution is 2.28. The van der Waals surface area contributed by atoms with Gasteiger partial charge in [-0.1, -0.05) is 0 Å². The van der Waals surface area contributed by atoms with Gasteiger partial charge in [-0.15, -0.1) is 0 Å². The number of nitrogens with zero attached hydrogens (tertiary/aromatic N) is 1. The topological polar surface area (TPSA) is 76.5 Å². The van der Waals surface area contributed by atoms with E-state index in [1.807, 2.05) is 0 Å². The SMILES string of the molecule is CCOC(=O)C(=O)C1=C(O)c2cccnc2CC1. The third-order valence-electron chi connectivity index (χ3n) is 2.78. The molecule has 0 aromatic carbocycles. The molecule has 18 heavy (non-hydrogen) atoms. The van der Waals surface area contributed by atoms with E-state index in [-0.39, 0.29) is 17.9 Å². The number of ether oxygens (including phenoxy) is 1. The lowest BCUT2D eigenvalue weighted by Crippen LogP contribution is -2.23. The molecule has 0 spiro atoms. The quantitative estimate of drug-likeness (QED) is 0.645. The Balaban J connectivity index is 2.35. The van der Waals surface area contributed by atoms with Crippen molar-refractivity contribution in [2.24, 2.45) is 0 Å². The number of ketones is 1. The Hall–Kier alpha value is -2.17. The van der Waals surface area contributed by atoms with Crippen molar-refractivity contribution >= 4 is 17.5 Å². The summed E-state index contributed by atoms with van der Waals surface area (Å²) in [6, 6.07) is 3.35. The van der Waals surface area contributed by atoms with E-state index in [2.05, 4.69) is 9.72 Å². The number of Topliss-reactive ketones (excluding diaryl/α,β-unsaturated/α-hetero) is 1. The molecule has 0 saturated carbocycles. The fourth-order valence-corrected chi connectivity index (χ4v) is 1.92. The van der Waals surface area contributed by atoms with Crippen molar-refractivity contribution in [3.8, 4) is 0 Å². The van der Waals surface area contributed by atoms with E-state index < -0.39 is 11.8 Å². The molecule has 0 bridgehead atoms. The highest BCUT2D eigenvalue weighted by atomic mass is 16.5. The van der Waals surface area contributed by atoms with Crippen LogP contribution >= 0.6 is 0 Å². The number of aliphatic hydroxyl groups is 1. The number of pyridine rings is 1. The van der Waals surface area contributed by atoms with Crippen molar-refractivity contribution < 1.29 is 19.4 Å². The number of aryl methyl sites for hydroxylation is 1. The fourth-order valence-electron chi connectivity index (χ4n) is 1.92. The van der Waals surface area contributed by atoms with Gasteiger partial charge < -0.3 is 9.84 Å². The van der Waals surface area contributed by atoms with Gasteiger partial charge in [-0.25, -0.2) is 4.79 Å². The van der Waals surface area contributed by atoms with Crippen LogP contribution in [0.25, 0.3) is 5.76 Å². The fraction of sp³-hybridized carbons (Fsp3) is 0.308. The van der Waals surface area contributed by atoms with Crippen molar-refractivity contribution in [2.45, 2.75) is 19.8 Å². The Labute approximate surface area is 104 Å². The molecule has 0 unspecified atom stereocenters. The van der Waals surface area contributed by atoms with E-state index in [1.165, 1.54) is 0 Å². The second kappa shape index (κ2) is 5.00. The number of esters is 1. The molecule has 1 heterocycles. The average molecular weight is 247 g/mol. The number of rotatable bonds is 3. The summed E-state index contributed by atoms with van der Waals surface area (Å²) in [5.74, 6) is -1.86. The second-order valence-electron chi connectivity index (χ2n) is 3.87. The molecule has 1 aromatic rings. The number of hydrogen-bond donors (Lipinski definition) is 1. The zero-order valence-electron chi connectivity index (χ0n) is 9.97. The van der Waals surface area contributed by atoms with Crippen LogP contribution in [0.3, 0.4) is 0 Å². The predicted octanol–water partition coefficient (Wildman–Crippen LogP) is 1.43. The molecule has 0 fully saturated rings. The van der Waals surface area contributed by atoms with Gasteiger partial charge in [0.15, 0.2) is 0 Å². The van der Waals surface area contributed by atoms with E-state index in [0.717, 1.165) is 5.69 Å². The number of fused-ring (bicyclic) bond motifs is 1. The third kappa shape index (κ3) is 2.11. The average Bonchev–Trinajstić information content (AvgIpc) is 2.39. The first-order valence-corrected chi connectivity index (χ1v) is 5.73. The van der Waals surface area contributed by atoms with Gasteiger partial charge in [-0.2, -0.15) is 0 Å². The van der Waals surface area contributed by atoms with Gasteiger partial charge in [-0.3, -0.25) is 9.78 Å². The first-order chi connectivity index (χ1) is 8.65. The largest absolute Gasteiger partial charge is 0.507 e. The zero-order valence-corrected chi connectivity index (χ0v) is 9.97. The zero-order chi connectivity index (χ0) is 13.1. The summed E-state index contributed by atoms with van der Waals surface area (Å²) in [6.45, 7) is 1.76. The normalized spacial score (nSPS) is 14.1. The molecule has 94 valence electrons. The van der Waals surface area contributed by atoms with Gasteiger partial charge in [0.05, 0.1) is 12.3 Å². The Bertz CT molecular complexity index is 534. The van der Waals surface area contributed by atoms with Gasteiger partial charge in [-0.05, 0) is 31.9 Å². The maximum atomic E-state index is 11.8. The summed E-state index contributed by atoms with van der Waals surface area (Å²) in [4.78, 5) is 27.3. The first kappa shape index (κ1) is 12.3. The molecule has 1 aliphatic rings. The summed E-state index contributed by atoms with van der Waals surface area (Å²) >= 11 is 0. The lowest BCUT2D eigenvalue weighted by molar-refractivity contribution is -0.151. The summed E-state index contributed by atoms with van der Waals surface area (Å²) in [6.07, 6.45) is 2.46. The highest BCUT2D eigenvalue weighted by Gasteiger charge is 2.28. The minimum absolute atomic E-state index is 0.106. The maximum Gasteiger partial charge on any atom is 0.379 e. The Kier molecular flexibility index (Phi) is 3.41. The third-order valence-corrected chi connectivity index (χ3v) is 2.78. The maximum absolute atomic E-state index is 11.8. The summed E-state index contributed by atoms with van der Waals surface area (Å²) < 4.78 is 4.64. The molecule has 5 heteroatoms. The van der Waals surface area contributed by atoms with E-state index in [0.29, 0.717) is 18.4 Å². The highest BCUT2D eigenvalue weighted by molar-refractivity contribution is 6.41. The van der Waals surface area contributed by atoms with Gasteiger partial charge in [0, 0.05) is 17.3 Å². The molecule has 2 rings (SSSR count). The van der Waals surface area contributed by atoms with Crippen LogP contribution in [0.4, 0.5) is 0 Å². The minimum atomic E-state index is -0.925. The molecular formula is C13H13NO4. The van der Waals surface area contributed by atoms with Crippen LogP contribution in [0, 0.1) is 0 Å². The van der Waals surface area contributed by atoms with Crippen LogP contribution in [-0.2, 0) is 20.7 Å². The Morgan fingerprint density at radius 3 is 2.94 bits per heavy atom. The molecule has 0 amide bonds. The number of carbonyl (C=O) groups excluding carboxylic acids is 2. The van der Waals surface area contributed by atoms with E-state index in [4.69, 9.17) is 0 Å². The molecular weight excluding hydrogens is 234 g/mol. The number of aliphatic hydroxyl groups excluding tert-OH is 1. The molecule has 0 radical (unpaired) electrons. The second-order valence-corrected chi connectivity index (χ2v) is 3.87. The molecule has 0 atom stereocenters. The van der Waals surface area contributed by atoms with Crippen molar-refractivity contribution in [1.29, 1.82) is 0 Å². The predicted molar refractivity (Wildman–Crippen MR) is 63.7 cm³/mol. The number of aromatic nitrogens is 1. The van der Waals surface area contributed by atoms with Crippen molar-refractivity contribution in [3.63, 3.8) is 0 Å². The molecule has 0 saturated heterocycles. The van der Waals surface area contributed by atoms with Crippen LogP contribution in [0.15, 0.2) is 23.9 Å². The summed E-state index contributed by atoms with van der Waals surface area (Å²) in [7, 11) is 0. The van der Waals surface area contributed by atoms with E-state index in [9.17, 15) is 14.7 Å². The molecule has 1 aliphatic carbocycles. The van der Waals surface area contributed by atoms with Gasteiger partial charge in [0.25, 0.3) is 5.78 Å². The standard InChI is InChI=1S/C13H13NO4/c1-2-18-13(17)12(16)9-5-6-10-8(11(9)15)4-3-7-14-10/h3-4,7,15H,2,5-6H2,1H3. The Morgan fingerprint density at radius 2 is 2.22 bits per heavy atom. The summed E-state index contributed by atoms with van der Waals surface area (Å²) in [5, 5.41) is 10.0. The van der Waals surface area contributed by atoms with Crippen LogP contribution in [0.1, 0.15) is 24.6 Å². The Morgan fingerprint density at radius 1 is 1.44 bits per heavy atom. The number of hydrogen-bond acceptors (Lipinski definition) is 5. The lowest BCUT2D eigenvalue weighted by atomic mass is 9.92.